The fraction of sp³-hybridized carbons (Fsp3) is 0.600. The number of aryl methyl sites for hydroxylation is 2. The Morgan fingerprint density at radius 2 is 2.31 bits per heavy atom. The Morgan fingerprint density at radius 1 is 1.56 bits per heavy atom. The van der Waals surface area contributed by atoms with E-state index in [1.807, 2.05) is 13.8 Å². The summed E-state index contributed by atoms with van der Waals surface area (Å²) < 4.78 is 10.0. The maximum absolute atomic E-state index is 10.4. The summed E-state index contributed by atoms with van der Waals surface area (Å²) in [4.78, 5) is 10.4. The number of hydrogen-bond donors (Lipinski definition) is 2. The second kappa shape index (κ2) is 6.24. The lowest BCUT2D eigenvalue weighted by Crippen LogP contribution is -2.24. The van der Waals surface area contributed by atoms with Gasteiger partial charge < -0.3 is 20.3 Å². The normalized spacial score (nSPS) is 10.6. The molecule has 1 heterocycles. The summed E-state index contributed by atoms with van der Waals surface area (Å²) in [5.74, 6) is 0.369. The number of hydrogen-bond acceptors (Lipinski definition) is 5. The van der Waals surface area contributed by atoms with Crippen LogP contribution in [0.25, 0.3) is 0 Å². The first kappa shape index (κ1) is 12.7. The highest BCUT2D eigenvalue weighted by Crippen LogP contribution is 2.10. The van der Waals surface area contributed by atoms with Gasteiger partial charge in [0.05, 0.1) is 12.3 Å². The monoisotopic (exact) mass is 227 g/mol. The van der Waals surface area contributed by atoms with Gasteiger partial charge in [-0.25, -0.2) is 0 Å². The third-order valence-electron chi connectivity index (χ3n) is 2.15. The van der Waals surface area contributed by atoms with Crippen LogP contribution < -0.4 is 11.1 Å². The van der Waals surface area contributed by atoms with Crippen molar-refractivity contribution >= 4 is 5.91 Å². The van der Waals surface area contributed by atoms with Crippen LogP contribution in [0.5, 0.6) is 0 Å². The van der Waals surface area contributed by atoms with Crippen molar-refractivity contribution in [2.75, 3.05) is 19.8 Å². The summed E-state index contributed by atoms with van der Waals surface area (Å²) in [7, 11) is 0. The fourth-order valence-electron chi connectivity index (χ4n) is 1.28. The van der Waals surface area contributed by atoms with Gasteiger partial charge in [0.2, 0.25) is 5.91 Å². The standard InChI is InChI=1S/C10H17N3O3/c1-7-9(8(2)16-13-7)5-12-3-4-15-6-10(11)14/h12H,3-6H2,1-2H3,(H2,11,14). The summed E-state index contributed by atoms with van der Waals surface area (Å²) in [5, 5.41) is 7.01. The summed E-state index contributed by atoms with van der Waals surface area (Å²) in [5.41, 5.74) is 6.88. The molecule has 1 rings (SSSR count). The van der Waals surface area contributed by atoms with Gasteiger partial charge >= 0.3 is 0 Å². The van der Waals surface area contributed by atoms with Crippen LogP contribution in [0.3, 0.4) is 0 Å². The lowest BCUT2D eigenvalue weighted by Gasteiger charge is -2.04. The molecule has 0 spiro atoms. The van der Waals surface area contributed by atoms with Crippen molar-refractivity contribution in [3.63, 3.8) is 0 Å². The number of ether oxygens (including phenoxy) is 1. The smallest absolute Gasteiger partial charge is 0.243 e. The second-order valence-electron chi connectivity index (χ2n) is 3.50. The highest BCUT2D eigenvalue weighted by atomic mass is 16.5. The van der Waals surface area contributed by atoms with E-state index >= 15 is 0 Å². The fourth-order valence-corrected chi connectivity index (χ4v) is 1.28. The van der Waals surface area contributed by atoms with E-state index in [1.165, 1.54) is 0 Å². The van der Waals surface area contributed by atoms with Crippen LogP contribution in [0.1, 0.15) is 17.0 Å². The van der Waals surface area contributed by atoms with Crippen LogP contribution in [-0.4, -0.2) is 30.8 Å². The molecule has 6 heteroatoms. The van der Waals surface area contributed by atoms with Gasteiger partial charge in [0, 0.05) is 18.7 Å². The van der Waals surface area contributed by atoms with Crippen LogP contribution in [0, 0.1) is 13.8 Å². The first-order valence-electron chi connectivity index (χ1n) is 5.09. The lowest BCUT2D eigenvalue weighted by molar-refractivity contribution is -0.122. The van der Waals surface area contributed by atoms with Crippen molar-refractivity contribution in [1.82, 2.24) is 10.5 Å². The molecule has 0 aromatic carbocycles. The van der Waals surface area contributed by atoms with E-state index in [1.54, 1.807) is 0 Å². The summed E-state index contributed by atoms with van der Waals surface area (Å²) in [6, 6.07) is 0. The highest BCUT2D eigenvalue weighted by molar-refractivity contribution is 5.74. The van der Waals surface area contributed by atoms with Crippen LogP contribution in [-0.2, 0) is 16.1 Å². The van der Waals surface area contributed by atoms with E-state index < -0.39 is 5.91 Å². The summed E-state index contributed by atoms with van der Waals surface area (Å²) in [6.07, 6.45) is 0. The average molecular weight is 227 g/mol. The highest BCUT2D eigenvalue weighted by Gasteiger charge is 2.07. The molecule has 3 N–H and O–H groups in total. The Balaban J connectivity index is 2.14. The molecule has 90 valence electrons. The predicted molar refractivity (Wildman–Crippen MR) is 57.7 cm³/mol. The molecule has 0 aliphatic carbocycles. The SMILES string of the molecule is Cc1noc(C)c1CNCCOCC(N)=O. The molecule has 0 saturated carbocycles. The third-order valence-corrected chi connectivity index (χ3v) is 2.15. The van der Waals surface area contributed by atoms with Crippen molar-refractivity contribution in [3.05, 3.63) is 17.0 Å². The zero-order chi connectivity index (χ0) is 12.0. The van der Waals surface area contributed by atoms with E-state index in [0.717, 1.165) is 17.0 Å². The largest absolute Gasteiger partial charge is 0.370 e. The van der Waals surface area contributed by atoms with Gasteiger partial charge in [-0.15, -0.1) is 0 Å². The summed E-state index contributed by atoms with van der Waals surface area (Å²) in [6.45, 7) is 5.52. The maximum Gasteiger partial charge on any atom is 0.243 e. The van der Waals surface area contributed by atoms with E-state index in [4.69, 9.17) is 15.0 Å². The summed E-state index contributed by atoms with van der Waals surface area (Å²) >= 11 is 0. The van der Waals surface area contributed by atoms with E-state index in [0.29, 0.717) is 19.7 Å². The number of rotatable bonds is 7. The zero-order valence-electron chi connectivity index (χ0n) is 9.58. The Morgan fingerprint density at radius 3 is 2.88 bits per heavy atom. The van der Waals surface area contributed by atoms with Crippen LogP contribution in [0.2, 0.25) is 0 Å². The topological polar surface area (TPSA) is 90.4 Å². The van der Waals surface area contributed by atoms with Crippen molar-refractivity contribution in [2.24, 2.45) is 5.73 Å². The molecule has 0 aliphatic rings. The van der Waals surface area contributed by atoms with Gasteiger partial charge in [-0.3, -0.25) is 4.79 Å². The lowest BCUT2D eigenvalue weighted by atomic mass is 10.2. The van der Waals surface area contributed by atoms with Gasteiger partial charge in [0.25, 0.3) is 0 Å². The van der Waals surface area contributed by atoms with E-state index in [9.17, 15) is 4.79 Å². The van der Waals surface area contributed by atoms with Gasteiger partial charge in [-0.1, -0.05) is 5.16 Å². The Kier molecular flexibility index (Phi) is 4.94. The molecule has 0 unspecified atom stereocenters. The Hall–Kier alpha value is -1.40. The van der Waals surface area contributed by atoms with Gasteiger partial charge in [0.1, 0.15) is 12.4 Å². The van der Waals surface area contributed by atoms with Crippen molar-refractivity contribution in [1.29, 1.82) is 0 Å². The Labute approximate surface area is 94.1 Å². The second-order valence-corrected chi connectivity index (χ2v) is 3.50. The zero-order valence-corrected chi connectivity index (χ0v) is 9.58. The minimum Gasteiger partial charge on any atom is -0.370 e. The van der Waals surface area contributed by atoms with Crippen molar-refractivity contribution < 1.29 is 14.1 Å². The Bertz CT molecular complexity index is 330. The van der Waals surface area contributed by atoms with Gasteiger partial charge in [-0.2, -0.15) is 0 Å². The number of primary amides is 1. The van der Waals surface area contributed by atoms with Crippen LogP contribution in [0.15, 0.2) is 4.52 Å². The molecular weight excluding hydrogens is 210 g/mol. The number of carbonyl (C=O) groups is 1. The number of carbonyl (C=O) groups excluding carboxylic acids is 1. The molecule has 0 radical (unpaired) electrons. The van der Waals surface area contributed by atoms with Crippen molar-refractivity contribution in [2.45, 2.75) is 20.4 Å². The molecule has 0 saturated heterocycles. The maximum atomic E-state index is 10.4. The molecule has 0 bridgehead atoms. The minimum atomic E-state index is -0.453. The molecule has 1 aromatic rings. The minimum absolute atomic E-state index is 0.0347. The third kappa shape index (κ3) is 4.00. The van der Waals surface area contributed by atoms with Gasteiger partial charge in [0.15, 0.2) is 0 Å². The van der Waals surface area contributed by atoms with Crippen LogP contribution >= 0.6 is 0 Å². The molecular formula is C10H17N3O3. The number of aromatic nitrogens is 1. The molecule has 1 amide bonds. The number of nitrogens with one attached hydrogen (secondary N) is 1. The number of nitrogens with zero attached hydrogens (tertiary/aromatic N) is 1. The molecule has 16 heavy (non-hydrogen) atoms. The number of amides is 1. The van der Waals surface area contributed by atoms with Crippen molar-refractivity contribution in [3.8, 4) is 0 Å². The van der Waals surface area contributed by atoms with Gasteiger partial charge in [-0.05, 0) is 13.8 Å². The first-order chi connectivity index (χ1) is 7.61. The molecule has 0 aliphatic heterocycles. The molecule has 1 aromatic heterocycles. The first-order valence-corrected chi connectivity index (χ1v) is 5.09. The van der Waals surface area contributed by atoms with Crippen LogP contribution in [0.4, 0.5) is 0 Å². The molecule has 0 atom stereocenters. The molecule has 6 nitrogen and oxygen atoms in total. The predicted octanol–water partition coefficient (Wildman–Crippen LogP) is -0.117. The quantitative estimate of drug-likeness (QED) is 0.634. The number of nitrogens with two attached hydrogens (primary N) is 1. The molecule has 0 fully saturated rings. The van der Waals surface area contributed by atoms with E-state index in [-0.39, 0.29) is 6.61 Å². The average Bonchev–Trinajstić information content (AvgIpc) is 2.53. The van der Waals surface area contributed by atoms with E-state index in [2.05, 4.69) is 10.5 Å².